The van der Waals surface area contributed by atoms with Crippen molar-refractivity contribution in [3.05, 3.63) is 29.8 Å². The van der Waals surface area contributed by atoms with Gasteiger partial charge in [-0.25, -0.2) is 9.59 Å². The third-order valence-corrected chi connectivity index (χ3v) is 2.81. The van der Waals surface area contributed by atoms with Crippen LogP contribution < -0.4 is 15.4 Å². The molecule has 1 aromatic carbocycles. The molecule has 0 radical (unpaired) electrons. The van der Waals surface area contributed by atoms with E-state index in [2.05, 4.69) is 15.4 Å². The Balaban J connectivity index is 1.75. The molecule has 7 heteroatoms. The van der Waals surface area contributed by atoms with Crippen molar-refractivity contribution in [1.29, 1.82) is 0 Å². The number of rotatable bonds is 5. The van der Waals surface area contributed by atoms with Crippen molar-refractivity contribution in [2.75, 3.05) is 13.7 Å². The highest BCUT2D eigenvalue weighted by Gasteiger charge is 2.23. The van der Waals surface area contributed by atoms with Crippen LogP contribution in [0.15, 0.2) is 24.3 Å². The fourth-order valence-electron chi connectivity index (χ4n) is 1.57. The molecule has 7 nitrogen and oxygen atoms in total. The number of benzene rings is 1. The van der Waals surface area contributed by atoms with Gasteiger partial charge < -0.3 is 14.8 Å². The van der Waals surface area contributed by atoms with Gasteiger partial charge in [-0.15, -0.1) is 0 Å². The van der Waals surface area contributed by atoms with E-state index in [9.17, 15) is 14.4 Å². The van der Waals surface area contributed by atoms with Crippen molar-refractivity contribution in [3.63, 3.8) is 0 Å². The van der Waals surface area contributed by atoms with E-state index in [4.69, 9.17) is 4.74 Å². The Bertz CT molecular complexity index is 537. The molecule has 1 saturated carbocycles. The molecular formula is C14H16N2O5. The molecule has 0 saturated heterocycles. The Morgan fingerprint density at radius 3 is 2.43 bits per heavy atom. The van der Waals surface area contributed by atoms with E-state index in [1.54, 1.807) is 12.1 Å². The Morgan fingerprint density at radius 2 is 1.86 bits per heavy atom. The third-order valence-electron chi connectivity index (χ3n) is 2.81. The van der Waals surface area contributed by atoms with Crippen LogP contribution in [0.1, 0.15) is 23.2 Å². The summed E-state index contributed by atoms with van der Waals surface area (Å²) in [5.41, 5.74) is 0.387. The Hall–Kier alpha value is -2.57. The third kappa shape index (κ3) is 4.79. The largest absolute Gasteiger partial charge is 0.484 e. The second-order valence-electron chi connectivity index (χ2n) is 4.60. The zero-order valence-electron chi connectivity index (χ0n) is 11.5. The number of carbonyl (C=O) groups is 3. The zero-order chi connectivity index (χ0) is 15.2. The molecule has 112 valence electrons. The van der Waals surface area contributed by atoms with Gasteiger partial charge in [0.1, 0.15) is 5.75 Å². The van der Waals surface area contributed by atoms with Crippen molar-refractivity contribution in [2.24, 2.45) is 0 Å². The highest BCUT2D eigenvalue weighted by Crippen LogP contribution is 2.18. The molecule has 2 N–H and O–H groups in total. The first kappa shape index (κ1) is 14.8. The summed E-state index contributed by atoms with van der Waals surface area (Å²) in [6, 6.07) is 5.82. The molecule has 0 heterocycles. The highest BCUT2D eigenvalue weighted by molar-refractivity contribution is 5.95. The normalized spacial score (nSPS) is 13.2. The summed E-state index contributed by atoms with van der Waals surface area (Å²) in [6.07, 6.45) is 1.90. The van der Waals surface area contributed by atoms with Gasteiger partial charge in [-0.2, -0.15) is 0 Å². The molecule has 0 aromatic heterocycles. The lowest BCUT2D eigenvalue weighted by Gasteiger charge is -2.08. The summed E-state index contributed by atoms with van der Waals surface area (Å²) in [7, 11) is 1.30. The predicted octanol–water partition coefficient (Wildman–Crippen LogP) is 0.840. The lowest BCUT2D eigenvalue weighted by molar-refractivity contribution is -0.122. The molecule has 0 atom stereocenters. The second kappa shape index (κ2) is 6.74. The van der Waals surface area contributed by atoms with Crippen LogP contribution in [0.5, 0.6) is 5.75 Å². The summed E-state index contributed by atoms with van der Waals surface area (Å²) in [5, 5.41) is 4.80. The van der Waals surface area contributed by atoms with Crippen LogP contribution in [0.25, 0.3) is 0 Å². The summed E-state index contributed by atoms with van der Waals surface area (Å²) in [5.74, 6) is -0.568. The number of nitrogens with one attached hydrogen (secondary N) is 2. The van der Waals surface area contributed by atoms with Crippen molar-refractivity contribution < 1.29 is 23.9 Å². The number of urea groups is 1. The van der Waals surface area contributed by atoms with Gasteiger partial charge in [-0.1, -0.05) is 0 Å². The summed E-state index contributed by atoms with van der Waals surface area (Å²) in [6.45, 7) is -0.282. The summed E-state index contributed by atoms with van der Waals surface area (Å²) in [4.78, 5) is 34.0. The quantitative estimate of drug-likeness (QED) is 0.784. The van der Waals surface area contributed by atoms with Gasteiger partial charge in [0.25, 0.3) is 5.91 Å². The van der Waals surface area contributed by atoms with E-state index in [0.29, 0.717) is 11.3 Å². The number of methoxy groups -OCH3 is 1. The molecule has 1 aliphatic rings. The van der Waals surface area contributed by atoms with Crippen LogP contribution in [-0.4, -0.2) is 37.7 Å². The number of esters is 1. The minimum absolute atomic E-state index is 0.185. The average molecular weight is 292 g/mol. The molecule has 1 aromatic rings. The molecule has 0 spiro atoms. The van der Waals surface area contributed by atoms with E-state index < -0.39 is 17.9 Å². The predicted molar refractivity (Wildman–Crippen MR) is 73.0 cm³/mol. The first-order chi connectivity index (χ1) is 10.1. The van der Waals surface area contributed by atoms with Crippen LogP contribution >= 0.6 is 0 Å². The maximum Gasteiger partial charge on any atom is 0.337 e. The van der Waals surface area contributed by atoms with Gasteiger partial charge in [0.2, 0.25) is 0 Å². The lowest BCUT2D eigenvalue weighted by atomic mass is 10.2. The second-order valence-corrected chi connectivity index (χ2v) is 4.60. The van der Waals surface area contributed by atoms with Crippen LogP contribution in [0.3, 0.4) is 0 Å². The molecule has 1 fully saturated rings. The first-order valence-corrected chi connectivity index (χ1v) is 6.50. The zero-order valence-corrected chi connectivity index (χ0v) is 11.5. The van der Waals surface area contributed by atoms with E-state index in [1.807, 2.05) is 0 Å². The number of hydrogen-bond donors (Lipinski definition) is 2. The molecule has 1 aliphatic carbocycles. The fraction of sp³-hybridized carbons (Fsp3) is 0.357. The molecule has 3 amide bonds. The molecule has 2 rings (SSSR count). The van der Waals surface area contributed by atoms with Crippen LogP contribution in [0.2, 0.25) is 0 Å². The van der Waals surface area contributed by atoms with Gasteiger partial charge in [-0.05, 0) is 37.1 Å². The summed E-state index contributed by atoms with van der Waals surface area (Å²) >= 11 is 0. The number of carbonyl (C=O) groups excluding carboxylic acids is 3. The Morgan fingerprint density at radius 1 is 1.19 bits per heavy atom. The Labute approximate surface area is 121 Å². The van der Waals surface area contributed by atoms with Crippen LogP contribution in [0.4, 0.5) is 4.79 Å². The molecule has 0 aliphatic heterocycles. The van der Waals surface area contributed by atoms with E-state index in [1.165, 1.54) is 19.2 Å². The van der Waals surface area contributed by atoms with Gasteiger partial charge in [0.15, 0.2) is 6.61 Å². The topological polar surface area (TPSA) is 93.7 Å². The SMILES string of the molecule is COC(=O)c1ccc(OCC(=O)NC(=O)NC2CC2)cc1. The van der Waals surface area contributed by atoms with E-state index in [-0.39, 0.29) is 12.6 Å². The maximum atomic E-state index is 11.5. The summed E-state index contributed by atoms with van der Waals surface area (Å²) < 4.78 is 9.78. The smallest absolute Gasteiger partial charge is 0.337 e. The van der Waals surface area contributed by atoms with Gasteiger partial charge >= 0.3 is 12.0 Å². The number of imide groups is 1. The monoisotopic (exact) mass is 292 g/mol. The number of hydrogen-bond acceptors (Lipinski definition) is 5. The number of amides is 3. The lowest BCUT2D eigenvalue weighted by Crippen LogP contribution is -2.42. The Kier molecular flexibility index (Phi) is 4.76. The highest BCUT2D eigenvalue weighted by atomic mass is 16.5. The van der Waals surface area contributed by atoms with Crippen molar-refractivity contribution >= 4 is 17.9 Å². The van der Waals surface area contributed by atoms with Crippen molar-refractivity contribution in [3.8, 4) is 5.75 Å². The standard InChI is InChI=1S/C14H16N2O5/c1-20-13(18)9-2-6-11(7-3-9)21-8-12(17)16-14(19)15-10-4-5-10/h2-3,6-7,10H,4-5,8H2,1H3,(H2,15,16,17,19). The first-order valence-electron chi connectivity index (χ1n) is 6.50. The van der Waals surface area contributed by atoms with Gasteiger partial charge in [0.05, 0.1) is 12.7 Å². The van der Waals surface area contributed by atoms with Gasteiger partial charge in [-0.3, -0.25) is 10.1 Å². The molecular weight excluding hydrogens is 276 g/mol. The average Bonchev–Trinajstić information content (AvgIpc) is 3.28. The maximum absolute atomic E-state index is 11.5. The molecule has 21 heavy (non-hydrogen) atoms. The molecule has 0 bridgehead atoms. The van der Waals surface area contributed by atoms with Crippen LogP contribution in [0, 0.1) is 0 Å². The van der Waals surface area contributed by atoms with Gasteiger partial charge in [0, 0.05) is 6.04 Å². The van der Waals surface area contributed by atoms with Crippen LogP contribution in [-0.2, 0) is 9.53 Å². The molecule has 0 unspecified atom stereocenters. The van der Waals surface area contributed by atoms with E-state index in [0.717, 1.165) is 12.8 Å². The van der Waals surface area contributed by atoms with Crippen molar-refractivity contribution in [2.45, 2.75) is 18.9 Å². The minimum Gasteiger partial charge on any atom is -0.484 e. The minimum atomic E-state index is -0.537. The van der Waals surface area contributed by atoms with E-state index >= 15 is 0 Å². The fourth-order valence-corrected chi connectivity index (χ4v) is 1.57. The van der Waals surface area contributed by atoms with Crippen molar-refractivity contribution in [1.82, 2.24) is 10.6 Å². The number of ether oxygens (including phenoxy) is 2.